The Balaban J connectivity index is 0.00000320. The lowest BCUT2D eigenvalue weighted by molar-refractivity contribution is -0.0586. The molecule has 1 heterocycles. The van der Waals surface area contributed by atoms with Crippen LogP contribution in [0.15, 0.2) is 29.3 Å². The molecular formula is C23H37IN4O2. The number of halogens is 1. The highest BCUT2D eigenvalue weighted by molar-refractivity contribution is 14.0. The van der Waals surface area contributed by atoms with E-state index in [9.17, 15) is 4.79 Å². The van der Waals surface area contributed by atoms with E-state index in [1.807, 2.05) is 50.1 Å². The zero-order chi connectivity index (χ0) is 20.8. The maximum atomic E-state index is 12.8. The molecule has 1 aromatic rings. The average molecular weight is 528 g/mol. The molecule has 1 aliphatic carbocycles. The van der Waals surface area contributed by atoms with Crippen LogP contribution in [0.2, 0.25) is 0 Å². The molecule has 0 aromatic heterocycles. The molecule has 1 aliphatic heterocycles. The maximum absolute atomic E-state index is 12.8. The smallest absolute Gasteiger partial charge is 0.254 e. The van der Waals surface area contributed by atoms with Gasteiger partial charge in [-0.15, -0.1) is 24.0 Å². The van der Waals surface area contributed by atoms with Crippen LogP contribution in [0.1, 0.15) is 62.4 Å². The van der Waals surface area contributed by atoms with Crippen molar-refractivity contribution in [2.45, 2.75) is 71.2 Å². The normalized spacial score (nSPS) is 27.2. The van der Waals surface area contributed by atoms with E-state index in [4.69, 9.17) is 4.74 Å². The number of carbonyl (C=O) groups excluding carboxylic acids is 1. The van der Waals surface area contributed by atoms with Gasteiger partial charge in [0.2, 0.25) is 0 Å². The monoisotopic (exact) mass is 528 g/mol. The number of nitrogens with one attached hydrogen (secondary N) is 2. The molecule has 0 radical (unpaired) electrons. The van der Waals surface area contributed by atoms with Gasteiger partial charge in [-0.05, 0) is 63.1 Å². The lowest BCUT2D eigenvalue weighted by Crippen LogP contribution is -2.48. The van der Waals surface area contributed by atoms with Crippen molar-refractivity contribution < 1.29 is 9.53 Å². The Labute approximate surface area is 198 Å². The fourth-order valence-electron chi connectivity index (χ4n) is 4.27. The number of hydrogen-bond acceptors (Lipinski definition) is 3. The van der Waals surface area contributed by atoms with E-state index in [2.05, 4.69) is 22.5 Å². The zero-order valence-corrected chi connectivity index (χ0v) is 21.0. The van der Waals surface area contributed by atoms with Crippen molar-refractivity contribution in [1.29, 1.82) is 0 Å². The van der Waals surface area contributed by atoms with Gasteiger partial charge in [0.15, 0.2) is 5.96 Å². The SMILES string of the molecule is CN=C(NCc1ccc(C(=O)N2CC(C)OC(C)C2)cc1)NC1CCC(C)CC1.I. The number of guanidine groups is 1. The topological polar surface area (TPSA) is 66.0 Å². The number of benzene rings is 1. The van der Waals surface area contributed by atoms with Gasteiger partial charge in [0.1, 0.15) is 0 Å². The van der Waals surface area contributed by atoms with Crippen molar-refractivity contribution >= 4 is 35.8 Å². The molecule has 1 saturated carbocycles. The summed E-state index contributed by atoms with van der Waals surface area (Å²) in [5.74, 6) is 1.77. The number of aliphatic imine (C=N–C) groups is 1. The minimum Gasteiger partial charge on any atom is -0.372 e. The summed E-state index contributed by atoms with van der Waals surface area (Å²) in [4.78, 5) is 19.0. The first kappa shape index (κ1) is 24.9. The molecular weight excluding hydrogens is 491 g/mol. The van der Waals surface area contributed by atoms with E-state index in [1.165, 1.54) is 25.7 Å². The molecule has 168 valence electrons. The fraction of sp³-hybridized carbons (Fsp3) is 0.652. The van der Waals surface area contributed by atoms with Crippen LogP contribution in [-0.2, 0) is 11.3 Å². The van der Waals surface area contributed by atoms with Crippen LogP contribution in [0.3, 0.4) is 0 Å². The van der Waals surface area contributed by atoms with E-state index in [0.29, 0.717) is 25.7 Å². The highest BCUT2D eigenvalue weighted by atomic mass is 127. The van der Waals surface area contributed by atoms with Crippen LogP contribution in [-0.4, -0.2) is 55.2 Å². The average Bonchev–Trinajstić information content (AvgIpc) is 2.71. The fourth-order valence-corrected chi connectivity index (χ4v) is 4.27. The lowest BCUT2D eigenvalue weighted by atomic mass is 9.87. The predicted octanol–water partition coefficient (Wildman–Crippen LogP) is 3.80. The van der Waals surface area contributed by atoms with Crippen LogP contribution < -0.4 is 10.6 Å². The van der Waals surface area contributed by atoms with Crippen LogP contribution in [0, 0.1) is 5.92 Å². The van der Waals surface area contributed by atoms with E-state index in [1.54, 1.807) is 0 Å². The van der Waals surface area contributed by atoms with Crippen molar-refractivity contribution in [3.05, 3.63) is 35.4 Å². The molecule has 2 N–H and O–H groups in total. The maximum Gasteiger partial charge on any atom is 0.254 e. The standard InChI is InChI=1S/C23H36N4O2.HI/c1-16-5-11-21(12-6-16)26-23(24-4)25-13-19-7-9-20(10-8-19)22(28)27-14-17(2)29-18(3)15-27;/h7-10,16-18,21H,5-6,11-15H2,1-4H3,(H2,24,25,26);1H. The van der Waals surface area contributed by atoms with Gasteiger partial charge in [-0.25, -0.2) is 0 Å². The summed E-state index contributed by atoms with van der Waals surface area (Å²) in [6.45, 7) is 8.34. The number of amides is 1. The molecule has 3 rings (SSSR count). The van der Waals surface area contributed by atoms with Gasteiger partial charge in [0.05, 0.1) is 12.2 Å². The molecule has 0 spiro atoms. The van der Waals surface area contributed by atoms with E-state index in [-0.39, 0.29) is 42.1 Å². The van der Waals surface area contributed by atoms with Gasteiger partial charge in [0, 0.05) is 38.3 Å². The van der Waals surface area contributed by atoms with E-state index < -0.39 is 0 Å². The van der Waals surface area contributed by atoms with Crippen LogP contribution in [0.25, 0.3) is 0 Å². The Kier molecular flexibility index (Phi) is 9.87. The predicted molar refractivity (Wildman–Crippen MR) is 133 cm³/mol. The van der Waals surface area contributed by atoms with Gasteiger partial charge in [-0.1, -0.05) is 19.1 Å². The Morgan fingerprint density at radius 3 is 2.23 bits per heavy atom. The third-order valence-corrected chi connectivity index (χ3v) is 5.95. The number of carbonyl (C=O) groups is 1. The first-order chi connectivity index (χ1) is 13.9. The summed E-state index contributed by atoms with van der Waals surface area (Å²) in [7, 11) is 1.81. The van der Waals surface area contributed by atoms with Gasteiger partial charge in [-0.3, -0.25) is 9.79 Å². The molecule has 7 heteroatoms. The van der Waals surface area contributed by atoms with E-state index in [0.717, 1.165) is 23.0 Å². The number of morpholine rings is 1. The second kappa shape index (κ2) is 11.9. The van der Waals surface area contributed by atoms with Gasteiger partial charge < -0.3 is 20.3 Å². The highest BCUT2D eigenvalue weighted by Crippen LogP contribution is 2.23. The quantitative estimate of drug-likeness (QED) is 0.355. The molecule has 0 bridgehead atoms. The second-order valence-electron chi connectivity index (χ2n) is 8.69. The summed E-state index contributed by atoms with van der Waals surface area (Å²) in [5, 5.41) is 6.94. The Bertz CT molecular complexity index is 692. The first-order valence-corrected chi connectivity index (χ1v) is 11.0. The second-order valence-corrected chi connectivity index (χ2v) is 8.69. The number of ether oxygens (including phenoxy) is 1. The van der Waals surface area contributed by atoms with Gasteiger partial charge >= 0.3 is 0 Å². The third kappa shape index (κ3) is 7.11. The van der Waals surface area contributed by atoms with Gasteiger partial charge in [-0.2, -0.15) is 0 Å². The number of hydrogen-bond donors (Lipinski definition) is 2. The Morgan fingerprint density at radius 2 is 1.67 bits per heavy atom. The van der Waals surface area contributed by atoms with Gasteiger partial charge in [0.25, 0.3) is 5.91 Å². The van der Waals surface area contributed by atoms with Crippen LogP contribution >= 0.6 is 24.0 Å². The first-order valence-electron chi connectivity index (χ1n) is 11.0. The van der Waals surface area contributed by atoms with Crippen molar-refractivity contribution in [2.24, 2.45) is 10.9 Å². The summed E-state index contributed by atoms with van der Waals surface area (Å²) in [6.07, 6.45) is 5.14. The number of rotatable bonds is 4. The number of nitrogens with zero attached hydrogens (tertiary/aromatic N) is 2. The molecule has 2 unspecified atom stereocenters. The highest BCUT2D eigenvalue weighted by Gasteiger charge is 2.26. The largest absolute Gasteiger partial charge is 0.372 e. The summed E-state index contributed by atoms with van der Waals surface area (Å²) < 4.78 is 5.73. The van der Waals surface area contributed by atoms with Crippen LogP contribution in [0.5, 0.6) is 0 Å². The van der Waals surface area contributed by atoms with Crippen molar-refractivity contribution in [1.82, 2.24) is 15.5 Å². The molecule has 30 heavy (non-hydrogen) atoms. The molecule has 2 fully saturated rings. The Hall–Kier alpha value is -1.35. The molecule has 2 atom stereocenters. The Morgan fingerprint density at radius 1 is 1.07 bits per heavy atom. The minimum absolute atomic E-state index is 0. The summed E-state index contributed by atoms with van der Waals surface area (Å²) in [5.41, 5.74) is 1.86. The van der Waals surface area contributed by atoms with E-state index >= 15 is 0 Å². The van der Waals surface area contributed by atoms with Crippen LogP contribution in [0.4, 0.5) is 0 Å². The summed E-state index contributed by atoms with van der Waals surface area (Å²) in [6, 6.07) is 8.38. The molecule has 1 amide bonds. The van der Waals surface area contributed by atoms with Crippen molar-refractivity contribution in [3.63, 3.8) is 0 Å². The zero-order valence-electron chi connectivity index (χ0n) is 18.7. The molecule has 1 saturated heterocycles. The molecule has 6 nitrogen and oxygen atoms in total. The molecule has 1 aromatic carbocycles. The third-order valence-electron chi connectivity index (χ3n) is 5.95. The van der Waals surface area contributed by atoms with Crippen molar-refractivity contribution in [2.75, 3.05) is 20.1 Å². The summed E-state index contributed by atoms with van der Waals surface area (Å²) >= 11 is 0. The van der Waals surface area contributed by atoms with Crippen molar-refractivity contribution in [3.8, 4) is 0 Å². The minimum atomic E-state index is 0. The lowest BCUT2D eigenvalue weighted by Gasteiger charge is -2.35. The molecule has 2 aliphatic rings.